The molecule has 8 heteroatoms. The second kappa shape index (κ2) is 5.66. The summed E-state index contributed by atoms with van der Waals surface area (Å²) in [5.41, 5.74) is 0. The summed E-state index contributed by atoms with van der Waals surface area (Å²) in [7, 11) is 0. The van der Waals surface area contributed by atoms with E-state index in [-0.39, 0.29) is 6.54 Å². The third kappa shape index (κ3) is 3.67. The first-order valence-electron chi connectivity index (χ1n) is 4.48. The Hall–Kier alpha value is -1.34. The smallest absolute Gasteiger partial charge is 0.355 e. The number of likely N-dealkylation sites (N-methyl/N-ethyl adjacent to an activating group) is 1. The van der Waals surface area contributed by atoms with Crippen LogP contribution in [0.1, 0.15) is 13.8 Å². The molecule has 94 valence electrons. The van der Waals surface area contributed by atoms with Gasteiger partial charge in [0.1, 0.15) is 6.04 Å². The number of hydrogen-bond donors (Lipinski definition) is 2. The van der Waals surface area contributed by atoms with Gasteiger partial charge in [-0.3, -0.25) is 9.59 Å². The molecule has 0 saturated carbocycles. The van der Waals surface area contributed by atoms with Gasteiger partial charge in [0, 0.05) is 6.54 Å². The first-order chi connectivity index (χ1) is 7.23. The third-order valence-corrected chi connectivity index (χ3v) is 1.67. The molecule has 0 aliphatic carbocycles. The zero-order valence-corrected chi connectivity index (χ0v) is 8.69. The lowest BCUT2D eigenvalue weighted by molar-refractivity contribution is -0.170. The molecule has 0 aliphatic rings. The molecule has 2 amide bonds. The van der Waals surface area contributed by atoms with E-state index in [1.807, 2.05) is 0 Å². The number of nitrogens with one attached hydrogen (secondary N) is 2. The molecule has 0 aromatic rings. The Bertz CT molecular complexity index is 271. The Morgan fingerprint density at radius 3 is 2.19 bits per heavy atom. The molecule has 0 saturated heterocycles. The van der Waals surface area contributed by atoms with Crippen molar-refractivity contribution in [2.24, 2.45) is 0 Å². The van der Waals surface area contributed by atoms with E-state index >= 15 is 0 Å². The molecule has 0 bridgehead atoms. The van der Waals surface area contributed by atoms with Gasteiger partial charge in [0.05, 0.1) is 0 Å². The largest absolute Gasteiger partial charge is 0.383 e. The minimum absolute atomic E-state index is 0.240. The van der Waals surface area contributed by atoms with E-state index in [4.69, 9.17) is 0 Å². The quantitative estimate of drug-likeness (QED) is 0.693. The van der Waals surface area contributed by atoms with E-state index in [0.29, 0.717) is 0 Å². The maximum absolute atomic E-state index is 12.5. The number of rotatable bonds is 5. The van der Waals surface area contributed by atoms with Crippen LogP contribution in [0.5, 0.6) is 0 Å². The van der Waals surface area contributed by atoms with Crippen molar-refractivity contribution in [3.05, 3.63) is 0 Å². The van der Waals surface area contributed by atoms with E-state index in [2.05, 4.69) is 5.32 Å². The highest BCUT2D eigenvalue weighted by atomic mass is 19.3. The summed E-state index contributed by atoms with van der Waals surface area (Å²) in [6.07, 6.45) is -4.10. The fourth-order valence-electron chi connectivity index (χ4n) is 0.785. The summed E-state index contributed by atoms with van der Waals surface area (Å²) in [5.74, 6) is -7.68. The van der Waals surface area contributed by atoms with Gasteiger partial charge in [-0.2, -0.15) is 8.78 Å². The van der Waals surface area contributed by atoms with Crippen LogP contribution in [0.15, 0.2) is 0 Å². The first kappa shape index (κ1) is 14.7. The number of alkyl halides is 4. The summed E-state index contributed by atoms with van der Waals surface area (Å²) < 4.78 is 48.4. The maximum atomic E-state index is 12.5. The van der Waals surface area contributed by atoms with Crippen molar-refractivity contribution < 1.29 is 27.2 Å². The molecule has 0 aromatic heterocycles. The zero-order valence-electron chi connectivity index (χ0n) is 8.69. The molecule has 0 rings (SSSR count). The van der Waals surface area contributed by atoms with Crippen LogP contribution in [-0.2, 0) is 9.59 Å². The van der Waals surface area contributed by atoms with Crippen LogP contribution in [0.2, 0.25) is 0 Å². The topological polar surface area (TPSA) is 58.2 Å². The molecule has 1 unspecified atom stereocenters. The molecule has 1 atom stereocenters. The van der Waals surface area contributed by atoms with Crippen LogP contribution in [0.25, 0.3) is 0 Å². The molecular formula is C8H12F4N2O2. The van der Waals surface area contributed by atoms with Gasteiger partial charge in [0.15, 0.2) is 0 Å². The van der Waals surface area contributed by atoms with Gasteiger partial charge in [-0.1, -0.05) is 0 Å². The number of carbonyl (C=O) groups is 2. The number of hydrogen-bond acceptors (Lipinski definition) is 2. The Labute approximate surface area is 89.4 Å². The minimum Gasteiger partial charge on any atom is -0.355 e. The fraction of sp³-hybridized carbons (Fsp3) is 0.750. The summed E-state index contributed by atoms with van der Waals surface area (Å²) in [5, 5.41) is 3.75. The van der Waals surface area contributed by atoms with Gasteiger partial charge in [0.25, 0.3) is 5.91 Å². The zero-order chi connectivity index (χ0) is 12.9. The standard InChI is InChI=1S/C8H12F4N2O2/c1-3-13-5(15)4(2)14-7(16)8(11,12)6(9)10/h4,6H,3H2,1-2H3,(H,13,15)(H,14,16). The normalized spacial score (nSPS) is 13.4. The predicted octanol–water partition coefficient (Wildman–Crippen LogP) is 0.528. The molecule has 0 aromatic carbocycles. The molecular weight excluding hydrogens is 232 g/mol. The number of carbonyl (C=O) groups excluding carboxylic acids is 2. The highest BCUT2D eigenvalue weighted by Crippen LogP contribution is 2.22. The van der Waals surface area contributed by atoms with Crippen LogP contribution < -0.4 is 10.6 Å². The summed E-state index contributed by atoms with van der Waals surface area (Å²) in [6, 6.07) is -1.29. The number of amides is 2. The summed E-state index contributed by atoms with van der Waals surface area (Å²) in [6.45, 7) is 2.94. The van der Waals surface area contributed by atoms with E-state index in [0.717, 1.165) is 6.92 Å². The monoisotopic (exact) mass is 244 g/mol. The summed E-state index contributed by atoms with van der Waals surface area (Å²) in [4.78, 5) is 21.7. The SMILES string of the molecule is CCNC(=O)C(C)NC(=O)C(F)(F)C(F)F. The fourth-order valence-corrected chi connectivity index (χ4v) is 0.785. The van der Waals surface area contributed by atoms with Crippen molar-refractivity contribution in [2.75, 3.05) is 6.54 Å². The second-order valence-corrected chi connectivity index (χ2v) is 3.01. The van der Waals surface area contributed by atoms with E-state index in [1.54, 1.807) is 6.92 Å². The minimum atomic E-state index is -4.79. The number of halogens is 4. The van der Waals surface area contributed by atoms with Gasteiger partial charge < -0.3 is 10.6 Å². The molecule has 0 fully saturated rings. The molecule has 0 radical (unpaired) electrons. The second-order valence-electron chi connectivity index (χ2n) is 3.01. The van der Waals surface area contributed by atoms with Crippen molar-refractivity contribution in [3.8, 4) is 0 Å². The lowest BCUT2D eigenvalue weighted by Crippen LogP contribution is -2.52. The van der Waals surface area contributed by atoms with Gasteiger partial charge in [-0.25, -0.2) is 8.78 Å². The van der Waals surface area contributed by atoms with Crippen molar-refractivity contribution in [2.45, 2.75) is 32.2 Å². The Kier molecular flexibility index (Phi) is 5.19. The van der Waals surface area contributed by atoms with E-state index in [9.17, 15) is 27.2 Å². The average Bonchev–Trinajstić information content (AvgIpc) is 2.17. The van der Waals surface area contributed by atoms with E-state index < -0.39 is 30.2 Å². The summed E-state index contributed by atoms with van der Waals surface area (Å²) >= 11 is 0. The lowest BCUT2D eigenvalue weighted by atomic mass is 10.2. The predicted molar refractivity (Wildman–Crippen MR) is 47.2 cm³/mol. The van der Waals surface area contributed by atoms with Crippen LogP contribution in [-0.4, -0.2) is 36.7 Å². The van der Waals surface area contributed by atoms with Gasteiger partial charge in [-0.05, 0) is 13.8 Å². The molecule has 0 aliphatic heterocycles. The van der Waals surface area contributed by atoms with Crippen LogP contribution in [0, 0.1) is 0 Å². The Balaban J connectivity index is 4.40. The van der Waals surface area contributed by atoms with Gasteiger partial charge in [-0.15, -0.1) is 0 Å². The third-order valence-electron chi connectivity index (χ3n) is 1.67. The van der Waals surface area contributed by atoms with Gasteiger partial charge >= 0.3 is 12.3 Å². The van der Waals surface area contributed by atoms with Crippen molar-refractivity contribution >= 4 is 11.8 Å². The van der Waals surface area contributed by atoms with Crippen LogP contribution >= 0.6 is 0 Å². The molecule has 4 nitrogen and oxygen atoms in total. The van der Waals surface area contributed by atoms with E-state index in [1.165, 1.54) is 5.32 Å². The highest BCUT2D eigenvalue weighted by Gasteiger charge is 2.49. The lowest BCUT2D eigenvalue weighted by Gasteiger charge is -2.18. The van der Waals surface area contributed by atoms with Crippen molar-refractivity contribution in [1.29, 1.82) is 0 Å². The van der Waals surface area contributed by atoms with Crippen molar-refractivity contribution in [3.63, 3.8) is 0 Å². The molecule has 0 heterocycles. The molecule has 16 heavy (non-hydrogen) atoms. The van der Waals surface area contributed by atoms with Gasteiger partial charge in [0.2, 0.25) is 5.91 Å². The molecule has 0 spiro atoms. The molecule has 2 N–H and O–H groups in total. The Morgan fingerprint density at radius 2 is 1.81 bits per heavy atom. The van der Waals surface area contributed by atoms with Crippen LogP contribution in [0.4, 0.5) is 17.6 Å². The first-order valence-corrected chi connectivity index (χ1v) is 4.48. The van der Waals surface area contributed by atoms with Crippen LogP contribution in [0.3, 0.4) is 0 Å². The highest BCUT2D eigenvalue weighted by molar-refractivity contribution is 5.90. The van der Waals surface area contributed by atoms with Crippen molar-refractivity contribution in [1.82, 2.24) is 10.6 Å². The Morgan fingerprint density at radius 1 is 1.31 bits per heavy atom. The average molecular weight is 244 g/mol. The maximum Gasteiger partial charge on any atom is 0.383 e.